The highest BCUT2D eigenvalue weighted by Gasteiger charge is 2.19. The molecule has 0 aliphatic heterocycles. The molecule has 26 heavy (non-hydrogen) atoms. The lowest BCUT2D eigenvalue weighted by molar-refractivity contribution is 0.103. The lowest BCUT2D eigenvalue weighted by Crippen LogP contribution is -2.11. The van der Waals surface area contributed by atoms with Gasteiger partial charge in [-0.25, -0.2) is 4.79 Å². The fourth-order valence-corrected chi connectivity index (χ4v) is 2.51. The molecule has 136 valence electrons. The van der Waals surface area contributed by atoms with Gasteiger partial charge in [0, 0.05) is 29.5 Å². The van der Waals surface area contributed by atoms with Crippen molar-refractivity contribution in [3.8, 4) is 17.4 Å². The number of pyridine rings is 1. The van der Waals surface area contributed by atoms with Crippen LogP contribution in [0, 0.1) is 0 Å². The molecule has 0 aliphatic rings. The number of benzene rings is 1. The number of hydrogen-bond donors (Lipinski definition) is 2. The molecule has 0 saturated heterocycles. The number of methoxy groups -OCH3 is 2. The number of carbonyl (C=O) groups excluding carboxylic acids is 1. The van der Waals surface area contributed by atoms with E-state index in [1.54, 1.807) is 57.8 Å². The van der Waals surface area contributed by atoms with Crippen molar-refractivity contribution in [2.24, 2.45) is 0 Å². The number of H-pyrrole nitrogens is 1. The van der Waals surface area contributed by atoms with Crippen molar-refractivity contribution in [1.29, 1.82) is 0 Å². The number of carbonyl (C=O) groups is 1. The van der Waals surface area contributed by atoms with Crippen LogP contribution in [0.3, 0.4) is 0 Å². The summed E-state index contributed by atoms with van der Waals surface area (Å²) < 4.78 is 20.9. The highest BCUT2D eigenvalue weighted by Crippen LogP contribution is 2.41. The summed E-state index contributed by atoms with van der Waals surface area (Å²) in [6.07, 6.45) is 2.52. The highest BCUT2D eigenvalue weighted by molar-refractivity contribution is 6.00. The molecule has 2 heterocycles. The molecule has 0 saturated carbocycles. The second kappa shape index (κ2) is 7.64. The second-order valence-electron chi connectivity index (χ2n) is 5.23. The van der Waals surface area contributed by atoms with E-state index in [4.69, 9.17) is 18.9 Å². The maximum atomic E-state index is 11.8. The quantitative estimate of drug-likeness (QED) is 0.647. The summed E-state index contributed by atoms with van der Waals surface area (Å²) in [7, 11) is 3.11. The smallest absolute Gasteiger partial charge is 0.493 e. The van der Waals surface area contributed by atoms with Crippen LogP contribution < -0.4 is 19.5 Å². The van der Waals surface area contributed by atoms with E-state index in [0.29, 0.717) is 22.7 Å². The average Bonchev–Trinajstić information content (AvgIpc) is 2.97. The number of nitrogens with zero attached hydrogens (tertiary/aromatic N) is 1. The van der Waals surface area contributed by atoms with E-state index in [1.807, 2.05) is 0 Å². The summed E-state index contributed by atoms with van der Waals surface area (Å²) in [5.74, 6) is 1.34. The Morgan fingerprint density at radius 2 is 1.85 bits per heavy atom. The molecule has 0 atom stereocenters. The zero-order valence-electron chi connectivity index (χ0n) is 14.7. The van der Waals surface area contributed by atoms with Gasteiger partial charge < -0.3 is 29.2 Å². The van der Waals surface area contributed by atoms with Crippen molar-refractivity contribution in [3.63, 3.8) is 0 Å². The Kier molecular flexibility index (Phi) is 5.12. The van der Waals surface area contributed by atoms with E-state index in [1.165, 1.54) is 0 Å². The van der Waals surface area contributed by atoms with E-state index < -0.39 is 6.16 Å². The molecule has 2 N–H and O–H groups in total. The molecule has 3 aromatic rings. The van der Waals surface area contributed by atoms with Crippen LogP contribution in [0.2, 0.25) is 0 Å². The van der Waals surface area contributed by atoms with Gasteiger partial charge in [-0.05, 0) is 25.1 Å². The molecule has 1 aromatic carbocycles. The summed E-state index contributed by atoms with van der Waals surface area (Å²) in [5.41, 5.74) is 2.06. The van der Waals surface area contributed by atoms with Gasteiger partial charge in [0.2, 0.25) is 5.88 Å². The SMILES string of the molecule is CCOC(=O)Oc1[nH]c2cc(OC)c(OC)cc2c1Nc1ccncc1. The summed E-state index contributed by atoms with van der Waals surface area (Å²) in [6, 6.07) is 7.16. The first kappa shape index (κ1) is 17.4. The lowest BCUT2D eigenvalue weighted by Gasteiger charge is -2.10. The summed E-state index contributed by atoms with van der Waals surface area (Å²) in [4.78, 5) is 18.8. The Labute approximate surface area is 150 Å². The van der Waals surface area contributed by atoms with Crippen molar-refractivity contribution in [3.05, 3.63) is 36.7 Å². The topological polar surface area (TPSA) is 94.7 Å². The predicted octanol–water partition coefficient (Wildman–Crippen LogP) is 3.86. The zero-order valence-corrected chi connectivity index (χ0v) is 14.7. The normalized spacial score (nSPS) is 10.4. The largest absolute Gasteiger partial charge is 0.515 e. The van der Waals surface area contributed by atoms with Gasteiger partial charge >= 0.3 is 6.16 Å². The summed E-state index contributed by atoms with van der Waals surface area (Å²) >= 11 is 0. The van der Waals surface area contributed by atoms with E-state index in [-0.39, 0.29) is 12.5 Å². The molecule has 3 rings (SSSR count). The lowest BCUT2D eigenvalue weighted by atomic mass is 10.2. The number of hydrogen-bond acceptors (Lipinski definition) is 7. The van der Waals surface area contributed by atoms with Gasteiger partial charge in [0.25, 0.3) is 0 Å². The Morgan fingerprint density at radius 3 is 2.50 bits per heavy atom. The number of ether oxygens (including phenoxy) is 4. The first-order chi connectivity index (χ1) is 12.7. The molecule has 0 amide bonds. The van der Waals surface area contributed by atoms with Crippen LogP contribution in [-0.2, 0) is 4.74 Å². The van der Waals surface area contributed by atoms with Gasteiger partial charge in [0.05, 0.1) is 26.3 Å². The van der Waals surface area contributed by atoms with Gasteiger partial charge in [-0.2, -0.15) is 0 Å². The maximum absolute atomic E-state index is 11.8. The Balaban J connectivity index is 2.10. The summed E-state index contributed by atoms with van der Waals surface area (Å²) in [6.45, 7) is 1.92. The number of rotatable bonds is 6. The maximum Gasteiger partial charge on any atom is 0.515 e. The molecule has 0 unspecified atom stereocenters. The fraction of sp³-hybridized carbons (Fsp3) is 0.222. The Bertz CT molecular complexity index is 908. The first-order valence-electron chi connectivity index (χ1n) is 7.95. The molecule has 8 heteroatoms. The number of nitrogens with one attached hydrogen (secondary N) is 2. The van der Waals surface area contributed by atoms with E-state index in [2.05, 4.69) is 15.3 Å². The van der Waals surface area contributed by atoms with Crippen LogP contribution in [-0.4, -0.2) is 36.9 Å². The van der Waals surface area contributed by atoms with E-state index in [0.717, 1.165) is 11.1 Å². The van der Waals surface area contributed by atoms with Gasteiger partial charge in [-0.15, -0.1) is 0 Å². The van der Waals surface area contributed by atoms with Crippen LogP contribution in [0.5, 0.6) is 17.4 Å². The van der Waals surface area contributed by atoms with Gasteiger partial charge in [0.15, 0.2) is 11.5 Å². The predicted molar refractivity (Wildman–Crippen MR) is 96.6 cm³/mol. The fourth-order valence-electron chi connectivity index (χ4n) is 2.51. The van der Waals surface area contributed by atoms with Gasteiger partial charge in [-0.3, -0.25) is 4.98 Å². The van der Waals surface area contributed by atoms with Crippen LogP contribution in [0.15, 0.2) is 36.7 Å². The van der Waals surface area contributed by atoms with Crippen LogP contribution >= 0.6 is 0 Å². The molecule has 0 fully saturated rings. The monoisotopic (exact) mass is 357 g/mol. The number of aromatic nitrogens is 2. The van der Waals surface area contributed by atoms with Crippen molar-refractivity contribution in [1.82, 2.24) is 9.97 Å². The Morgan fingerprint density at radius 1 is 1.15 bits per heavy atom. The summed E-state index contributed by atoms with van der Waals surface area (Å²) in [5, 5.41) is 3.99. The Hall–Kier alpha value is -3.42. The van der Waals surface area contributed by atoms with Gasteiger partial charge in [-0.1, -0.05) is 0 Å². The number of anilines is 2. The highest BCUT2D eigenvalue weighted by atomic mass is 16.7. The number of aromatic amines is 1. The standard InChI is InChI=1S/C18H19N3O5/c1-4-25-18(22)26-17-16(20-11-5-7-19-8-6-11)12-9-14(23-2)15(24-3)10-13(12)21-17/h5-10,21H,4H2,1-3H3,(H,19,20). The minimum Gasteiger partial charge on any atom is -0.493 e. The third-order valence-corrected chi connectivity index (χ3v) is 3.67. The van der Waals surface area contributed by atoms with Crippen molar-refractivity contribution in [2.75, 3.05) is 26.1 Å². The van der Waals surface area contributed by atoms with Crippen LogP contribution in [0.25, 0.3) is 10.9 Å². The number of fused-ring (bicyclic) bond motifs is 1. The first-order valence-corrected chi connectivity index (χ1v) is 7.95. The molecular formula is C18H19N3O5. The molecule has 0 aliphatic carbocycles. The van der Waals surface area contributed by atoms with Gasteiger partial charge in [0.1, 0.15) is 5.69 Å². The third kappa shape index (κ3) is 3.49. The minimum atomic E-state index is -0.796. The van der Waals surface area contributed by atoms with Crippen LogP contribution in [0.1, 0.15) is 6.92 Å². The molecule has 2 aromatic heterocycles. The molecular weight excluding hydrogens is 338 g/mol. The van der Waals surface area contributed by atoms with Crippen LogP contribution in [0.4, 0.5) is 16.2 Å². The molecule has 0 radical (unpaired) electrons. The zero-order chi connectivity index (χ0) is 18.5. The van der Waals surface area contributed by atoms with E-state index in [9.17, 15) is 4.79 Å². The molecule has 0 bridgehead atoms. The minimum absolute atomic E-state index is 0.216. The van der Waals surface area contributed by atoms with Crippen molar-refractivity contribution in [2.45, 2.75) is 6.92 Å². The van der Waals surface area contributed by atoms with E-state index >= 15 is 0 Å². The third-order valence-electron chi connectivity index (χ3n) is 3.67. The molecule has 0 spiro atoms. The van der Waals surface area contributed by atoms with Crippen molar-refractivity contribution >= 4 is 28.4 Å². The molecule has 8 nitrogen and oxygen atoms in total. The van der Waals surface area contributed by atoms with Crippen molar-refractivity contribution < 1.29 is 23.7 Å². The average molecular weight is 357 g/mol. The second-order valence-corrected chi connectivity index (χ2v) is 5.23.